The second-order valence-corrected chi connectivity index (χ2v) is 4.48. The van der Waals surface area contributed by atoms with Crippen molar-refractivity contribution in [2.75, 3.05) is 0 Å². The number of carbonyl (C=O) groups excluding carboxylic acids is 1. The molecule has 1 amide bonds. The van der Waals surface area contributed by atoms with Crippen LogP contribution in [-0.4, -0.2) is 27.1 Å². The maximum absolute atomic E-state index is 11.8. The predicted molar refractivity (Wildman–Crippen MR) is 72.3 cm³/mol. The SMILES string of the molecule is Cc1noc(CCC(=O)N[C@H](C(=O)O)c2ccccc2)n1. The number of aromatic nitrogens is 2. The van der Waals surface area contributed by atoms with Crippen molar-refractivity contribution in [3.8, 4) is 0 Å². The Kier molecular flexibility index (Phi) is 4.65. The topological polar surface area (TPSA) is 105 Å². The molecule has 0 saturated carbocycles. The maximum atomic E-state index is 11.8. The lowest BCUT2D eigenvalue weighted by atomic mass is 10.1. The first-order chi connectivity index (χ1) is 10.1. The van der Waals surface area contributed by atoms with Gasteiger partial charge in [0.2, 0.25) is 11.8 Å². The molecule has 0 aliphatic carbocycles. The quantitative estimate of drug-likeness (QED) is 0.829. The third-order valence-electron chi connectivity index (χ3n) is 2.82. The van der Waals surface area contributed by atoms with Crippen molar-refractivity contribution in [1.82, 2.24) is 15.5 Å². The van der Waals surface area contributed by atoms with Gasteiger partial charge in [0.1, 0.15) is 0 Å². The Morgan fingerprint density at radius 3 is 2.62 bits per heavy atom. The lowest BCUT2D eigenvalue weighted by Crippen LogP contribution is -2.33. The second kappa shape index (κ2) is 6.65. The van der Waals surface area contributed by atoms with Crippen LogP contribution < -0.4 is 5.32 Å². The van der Waals surface area contributed by atoms with E-state index in [0.29, 0.717) is 17.3 Å². The monoisotopic (exact) mass is 289 g/mol. The highest BCUT2D eigenvalue weighted by atomic mass is 16.5. The summed E-state index contributed by atoms with van der Waals surface area (Å²) in [4.78, 5) is 27.1. The molecule has 0 aliphatic heterocycles. The van der Waals surface area contributed by atoms with E-state index in [9.17, 15) is 14.7 Å². The number of amides is 1. The van der Waals surface area contributed by atoms with Gasteiger partial charge in [-0.2, -0.15) is 4.98 Å². The van der Waals surface area contributed by atoms with E-state index in [1.54, 1.807) is 37.3 Å². The summed E-state index contributed by atoms with van der Waals surface area (Å²) in [6.07, 6.45) is 0.353. The third kappa shape index (κ3) is 4.13. The van der Waals surface area contributed by atoms with Crippen molar-refractivity contribution < 1.29 is 19.2 Å². The first-order valence-corrected chi connectivity index (χ1v) is 6.42. The van der Waals surface area contributed by atoms with Gasteiger partial charge in [0, 0.05) is 12.8 Å². The van der Waals surface area contributed by atoms with Crippen LogP contribution in [0.25, 0.3) is 0 Å². The molecule has 0 fully saturated rings. The van der Waals surface area contributed by atoms with Crippen molar-refractivity contribution in [3.63, 3.8) is 0 Å². The highest BCUT2D eigenvalue weighted by molar-refractivity contribution is 5.84. The van der Waals surface area contributed by atoms with Crippen molar-refractivity contribution in [3.05, 3.63) is 47.6 Å². The summed E-state index contributed by atoms with van der Waals surface area (Å²) in [5, 5.41) is 15.3. The summed E-state index contributed by atoms with van der Waals surface area (Å²) in [5.41, 5.74) is 0.520. The van der Waals surface area contributed by atoms with Crippen molar-refractivity contribution in [2.45, 2.75) is 25.8 Å². The molecule has 110 valence electrons. The van der Waals surface area contributed by atoms with Crippen LogP contribution in [0.5, 0.6) is 0 Å². The normalized spacial score (nSPS) is 11.9. The van der Waals surface area contributed by atoms with Gasteiger partial charge in [0.15, 0.2) is 11.9 Å². The van der Waals surface area contributed by atoms with Crippen LogP contribution in [0.1, 0.15) is 29.7 Å². The van der Waals surface area contributed by atoms with Gasteiger partial charge in [-0.3, -0.25) is 4.79 Å². The fraction of sp³-hybridized carbons (Fsp3) is 0.286. The Balaban J connectivity index is 1.94. The largest absolute Gasteiger partial charge is 0.479 e. The van der Waals surface area contributed by atoms with E-state index in [1.165, 1.54) is 0 Å². The molecule has 0 spiro atoms. The minimum absolute atomic E-state index is 0.0816. The van der Waals surface area contributed by atoms with Gasteiger partial charge in [-0.15, -0.1) is 0 Å². The smallest absolute Gasteiger partial charge is 0.330 e. The minimum Gasteiger partial charge on any atom is -0.479 e. The highest BCUT2D eigenvalue weighted by Crippen LogP contribution is 2.13. The van der Waals surface area contributed by atoms with Gasteiger partial charge in [-0.1, -0.05) is 35.5 Å². The number of nitrogens with zero attached hydrogens (tertiary/aromatic N) is 2. The number of rotatable bonds is 6. The zero-order chi connectivity index (χ0) is 15.2. The predicted octanol–water partition coefficient (Wildman–Crippen LogP) is 1.25. The van der Waals surface area contributed by atoms with Crippen molar-refractivity contribution in [2.24, 2.45) is 0 Å². The third-order valence-corrected chi connectivity index (χ3v) is 2.82. The number of carbonyl (C=O) groups is 2. The summed E-state index contributed by atoms with van der Waals surface area (Å²) >= 11 is 0. The summed E-state index contributed by atoms with van der Waals surface area (Å²) in [6.45, 7) is 1.68. The van der Waals surface area contributed by atoms with E-state index < -0.39 is 12.0 Å². The molecule has 1 atom stereocenters. The van der Waals surface area contributed by atoms with E-state index in [-0.39, 0.29) is 18.7 Å². The molecular formula is C14H15N3O4. The first-order valence-electron chi connectivity index (χ1n) is 6.42. The molecule has 2 rings (SSSR count). The molecular weight excluding hydrogens is 274 g/mol. The number of aliphatic carboxylic acids is 1. The van der Waals surface area contributed by atoms with E-state index in [4.69, 9.17) is 4.52 Å². The number of aryl methyl sites for hydroxylation is 2. The highest BCUT2D eigenvalue weighted by Gasteiger charge is 2.21. The molecule has 21 heavy (non-hydrogen) atoms. The van der Waals surface area contributed by atoms with Crippen LogP contribution in [0, 0.1) is 6.92 Å². The number of carboxylic acid groups (broad SMARTS) is 1. The molecule has 2 aromatic rings. The average molecular weight is 289 g/mol. The average Bonchev–Trinajstić information content (AvgIpc) is 2.89. The summed E-state index contributed by atoms with van der Waals surface area (Å²) in [7, 11) is 0. The van der Waals surface area contributed by atoms with Gasteiger partial charge in [0.25, 0.3) is 0 Å². The standard InChI is InChI=1S/C14H15N3O4/c1-9-15-12(21-17-9)8-7-11(18)16-13(14(19)20)10-5-3-2-4-6-10/h2-6,13H,7-8H2,1H3,(H,16,18)(H,19,20)/t13-/m0/s1. The molecule has 7 heteroatoms. The summed E-state index contributed by atoms with van der Waals surface area (Å²) < 4.78 is 4.89. The number of carboxylic acids is 1. The Bertz CT molecular complexity index is 624. The van der Waals surface area contributed by atoms with Gasteiger partial charge in [0.05, 0.1) is 0 Å². The van der Waals surface area contributed by atoms with Gasteiger partial charge in [-0.25, -0.2) is 4.79 Å². The van der Waals surface area contributed by atoms with Crippen LogP contribution in [0.15, 0.2) is 34.9 Å². The Morgan fingerprint density at radius 1 is 1.33 bits per heavy atom. The fourth-order valence-electron chi connectivity index (χ4n) is 1.83. The molecule has 0 unspecified atom stereocenters. The number of hydrogen-bond donors (Lipinski definition) is 2. The maximum Gasteiger partial charge on any atom is 0.330 e. The molecule has 1 aromatic heterocycles. The van der Waals surface area contributed by atoms with Gasteiger partial charge >= 0.3 is 5.97 Å². The summed E-state index contributed by atoms with van der Waals surface area (Å²) in [5.74, 6) is -0.641. The molecule has 1 heterocycles. The second-order valence-electron chi connectivity index (χ2n) is 4.48. The molecule has 0 bridgehead atoms. The molecule has 2 N–H and O–H groups in total. The molecule has 0 saturated heterocycles. The summed E-state index contributed by atoms with van der Waals surface area (Å²) in [6, 6.07) is 7.46. The lowest BCUT2D eigenvalue weighted by molar-refractivity contribution is -0.142. The van der Waals surface area contributed by atoms with Gasteiger partial charge < -0.3 is 14.9 Å². The van der Waals surface area contributed by atoms with Crippen molar-refractivity contribution in [1.29, 1.82) is 0 Å². The zero-order valence-electron chi connectivity index (χ0n) is 11.4. The molecule has 0 aliphatic rings. The van der Waals surface area contributed by atoms with Gasteiger partial charge in [-0.05, 0) is 12.5 Å². The number of nitrogens with one attached hydrogen (secondary N) is 1. The minimum atomic E-state index is -1.11. The van der Waals surface area contributed by atoms with E-state index in [2.05, 4.69) is 15.5 Å². The molecule has 7 nitrogen and oxygen atoms in total. The van der Waals surface area contributed by atoms with E-state index in [1.807, 2.05) is 0 Å². The molecule has 0 radical (unpaired) electrons. The van der Waals surface area contributed by atoms with Crippen LogP contribution in [0.4, 0.5) is 0 Å². The van der Waals surface area contributed by atoms with E-state index in [0.717, 1.165) is 0 Å². The van der Waals surface area contributed by atoms with Crippen LogP contribution >= 0.6 is 0 Å². The Morgan fingerprint density at radius 2 is 2.05 bits per heavy atom. The first kappa shape index (κ1) is 14.7. The van der Waals surface area contributed by atoms with Crippen LogP contribution in [-0.2, 0) is 16.0 Å². The molecule has 1 aromatic carbocycles. The van der Waals surface area contributed by atoms with E-state index >= 15 is 0 Å². The Labute approximate surface area is 121 Å². The van der Waals surface area contributed by atoms with Crippen LogP contribution in [0.2, 0.25) is 0 Å². The van der Waals surface area contributed by atoms with Crippen molar-refractivity contribution >= 4 is 11.9 Å². The number of benzene rings is 1. The zero-order valence-corrected chi connectivity index (χ0v) is 11.4. The Hall–Kier alpha value is -2.70. The fourth-order valence-corrected chi connectivity index (χ4v) is 1.83. The number of hydrogen-bond acceptors (Lipinski definition) is 5. The van der Waals surface area contributed by atoms with Crippen LogP contribution in [0.3, 0.4) is 0 Å². The lowest BCUT2D eigenvalue weighted by Gasteiger charge is -2.14.